The first-order valence-electron chi connectivity index (χ1n) is 6.63. The summed E-state index contributed by atoms with van der Waals surface area (Å²) >= 11 is 0. The number of fused-ring (bicyclic) bond motifs is 2. The van der Waals surface area contributed by atoms with Gasteiger partial charge in [0.2, 0.25) is 0 Å². The van der Waals surface area contributed by atoms with Gasteiger partial charge in [0.25, 0.3) is 0 Å². The molecule has 0 saturated heterocycles. The van der Waals surface area contributed by atoms with Crippen molar-refractivity contribution in [1.29, 1.82) is 0 Å². The smallest absolute Gasteiger partial charge is 0.157 e. The highest BCUT2D eigenvalue weighted by Gasteiger charge is 2.07. The number of aryl methyl sites for hydroxylation is 1. The summed E-state index contributed by atoms with van der Waals surface area (Å²) in [4.78, 5) is 12.6. The fraction of sp³-hybridized carbons (Fsp3) is 0.0588. The fourth-order valence-electron chi connectivity index (χ4n) is 2.51. The van der Waals surface area contributed by atoms with E-state index in [-0.39, 0.29) is 0 Å². The van der Waals surface area contributed by atoms with E-state index in [0.717, 1.165) is 28.1 Å². The van der Waals surface area contributed by atoms with Gasteiger partial charge in [0.15, 0.2) is 5.82 Å². The van der Waals surface area contributed by atoms with Crippen molar-refractivity contribution < 1.29 is 0 Å². The predicted molar refractivity (Wildman–Crippen MR) is 81.6 cm³/mol. The molecule has 0 amide bonds. The first-order valence-corrected chi connectivity index (χ1v) is 6.63. The highest BCUT2D eigenvalue weighted by atomic mass is 14.9. The zero-order chi connectivity index (χ0) is 13.5. The Balaban J connectivity index is 1.93. The van der Waals surface area contributed by atoms with Crippen LogP contribution in [0.4, 0.5) is 0 Å². The second-order valence-electron chi connectivity index (χ2n) is 4.94. The van der Waals surface area contributed by atoms with Crippen molar-refractivity contribution >= 4 is 21.9 Å². The Bertz CT molecular complexity index is 889. The Morgan fingerprint density at radius 3 is 2.55 bits per heavy atom. The summed E-state index contributed by atoms with van der Waals surface area (Å²) in [7, 11) is 0. The maximum absolute atomic E-state index is 4.71. The lowest BCUT2D eigenvalue weighted by molar-refractivity contribution is 1.27. The van der Waals surface area contributed by atoms with E-state index in [2.05, 4.69) is 29.0 Å². The second-order valence-corrected chi connectivity index (χ2v) is 4.94. The Labute approximate surface area is 116 Å². The Hall–Kier alpha value is -2.68. The third-order valence-electron chi connectivity index (χ3n) is 3.58. The number of nitrogens with zero attached hydrogens (tertiary/aromatic N) is 2. The number of aromatic nitrogens is 3. The molecule has 0 bridgehead atoms. The minimum atomic E-state index is 0.814. The number of imidazole rings is 1. The quantitative estimate of drug-likeness (QED) is 0.559. The average molecular weight is 259 g/mol. The van der Waals surface area contributed by atoms with Crippen molar-refractivity contribution in [2.24, 2.45) is 0 Å². The van der Waals surface area contributed by atoms with Crippen LogP contribution in [0.25, 0.3) is 33.5 Å². The highest BCUT2D eigenvalue weighted by Crippen LogP contribution is 2.23. The van der Waals surface area contributed by atoms with E-state index < -0.39 is 0 Å². The lowest BCUT2D eigenvalue weighted by atomic mass is 10.1. The normalized spacial score (nSPS) is 11.2. The second kappa shape index (κ2) is 4.17. The lowest BCUT2D eigenvalue weighted by Crippen LogP contribution is -1.88. The molecule has 0 saturated carbocycles. The van der Waals surface area contributed by atoms with Crippen LogP contribution >= 0.6 is 0 Å². The van der Waals surface area contributed by atoms with Crippen LogP contribution < -0.4 is 0 Å². The van der Waals surface area contributed by atoms with E-state index >= 15 is 0 Å². The molecule has 4 rings (SSSR count). The van der Waals surface area contributed by atoms with Crippen molar-refractivity contribution in [2.45, 2.75) is 6.92 Å². The maximum atomic E-state index is 4.71. The Morgan fingerprint density at radius 1 is 0.800 bits per heavy atom. The number of hydrogen-bond donors (Lipinski definition) is 1. The molecule has 2 aromatic carbocycles. The third kappa shape index (κ3) is 1.67. The van der Waals surface area contributed by atoms with Gasteiger partial charge >= 0.3 is 0 Å². The SMILES string of the molecule is Cc1cccc2nc(-c3nc4ccccc4[nH]3)ccc12. The van der Waals surface area contributed by atoms with Gasteiger partial charge in [-0.05, 0) is 36.8 Å². The van der Waals surface area contributed by atoms with Gasteiger partial charge in [-0.3, -0.25) is 0 Å². The van der Waals surface area contributed by atoms with Gasteiger partial charge < -0.3 is 4.98 Å². The number of H-pyrrole nitrogens is 1. The molecule has 0 aliphatic rings. The summed E-state index contributed by atoms with van der Waals surface area (Å²) in [5.41, 5.74) is 5.12. The topological polar surface area (TPSA) is 41.6 Å². The van der Waals surface area contributed by atoms with E-state index in [9.17, 15) is 0 Å². The number of para-hydroxylation sites is 2. The van der Waals surface area contributed by atoms with E-state index in [1.807, 2.05) is 42.5 Å². The predicted octanol–water partition coefficient (Wildman–Crippen LogP) is 4.09. The molecule has 3 heteroatoms. The summed E-state index contributed by atoms with van der Waals surface area (Å²) in [5.74, 6) is 0.814. The Morgan fingerprint density at radius 2 is 1.65 bits per heavy atom. The van der Waals surface area contributed by atoms with Crippen LogP contribution in [-0.2, 0) is 0 Å². The van der Waals surface area contributed by atoms with E-state index in [0.29, 0.717) is 0 Å². The summed E-state index contributed by atoms with van der Waals surface area (Å²) < 4.78 is 0. The number of pyridine rings is 1. The molecule has 0 radical (unpaired) electrons. The van der Waals surface area contributed by atoms with Crippen LogP contribution in [0.3, 0.4) is 0 Å². The summed E-state index contributed by atoms with van der Waals surface area (Å²) in [5, 5.41) is 1.19. The molecule has 3 nitrogen and oxygen atoms in total. The summed E-state index contributed by atoms with van der Waals surface area (Å²) in [6, 6.07) is 18.3. The van der Waals surface area contributed by atoms with Crippen molar-refractivity contribution in [2.75, 3.05) is 0 Å². The zero-order valence-electron chi connectivity index (χ0n) is 11.1. The minimum absolute atomic E-state index is 0.814. The molecule has 0 atom stereocenters. The molecule has 0 aliphatic carbocycles. The minimum Gasteiger partial charge on any atom is -0.337 e. The molecule has 1 N–H and O–H groups in total. The summed E-state index contributed by atoms with van der Waals surface area (Å²) in [6.07, 6.45) is 0. The number of nitrogens with one attached hydrogen (secondary N) is 1. The standard InChI is InChI=1S/C17H13N3/c1-11-5-4-8-13-12(11)9-10-16(18-13)17-19-14-6-2-3-7-15(14)20-17/h2-10H,1H3,(H,19,20). The molecule has 20 heavy (non-hydrogen) atoms. The average Bonchev–Trinajstić information content (AvgIpc) is 2.91. The van der Waals surface area contributed by atoms with E-state index in [4.69, 9.17) is 4.98 Å². The largest absolute Gasteiger partial charge is 0.337 e. The molecular weight excluding hydrogens is 246 g/mol. The van der Waals surface area contributed by atoms with Crippen LogP contribution in [0.15, 0.2) is 54.6 Å². The molecular formula is C17H13N3. The molecule has 2 heterocycles. The third-order valence-corrected chi connectivity index (χ3v) is 3.58. The molecule has 0 spiro atoms. The van der Waals surface area contributed by atoms with Crippen LogP contribution in [0.5, 0.6) is 0 Å². The molecule has 0 fully saturated rings. The number of benzene rings is 2. The van der Waals surface area contributed by atoms with Gasteiger partial charge in [-0.15, -0.1) is 0 Å². The van der Waals surface area contributed by atoms with Crippen molar-refractivity contribution in [3.05, 3.63) is 60.2 Å². The molecule has 96 valence electrons. The van der Waals surface area contributed by atoms with E-state index in [1.165, 1.54) is 10.9 Å². The summed E-state index contributed by atoms with van der Waals surface area (Å²) in [6.45, 7) is 2.10. The monoisotopic (exact) mass is 259 g/mol. The first kappa shape index (κ1) is 11.2. The number of hydrogen-bond acceptors (Lipinski definition) is 2. The van der Waals surface area contributed by atoms with Gasteiger partial charge in [-0.25, -0.2) is 9.97 Å². The lowest BCUT2D eigenvalue weighted by Gasteiger charge is -2.02. The van der Waals surface area contributed by atoms with Gasteiger partial charge in [0.05, 0.1) is 16.6 Å². The van der Waals surface area contributed by atoms with Gasteiger partial charge in [0.1, 0.15) is 5.69 Å². The highest BCUT2D eigenvalue weighted by molar-refractivity contribution is 5.85. The maximum Gasteiger partial charge on any atom is 0.157 e. The van der Waals surface area contributed by atoms with Gasteiger partial charge in [-0.2, -0.15) is 0 Å². The zero-order valence-corrected chi connectivity index (χ0v) is 11.1. The van der Waals surface area contributed by atoms with Crippen molar-refractivity contribution in [3.63, 3.8) is 0 Å². The molecule has 0 aliphatic heterocycles. The van der Waals surface area contributed by atoms with Crippen LogP contribution in [0.1, 0.15) is 5.56 Å². The van der Waals surface area contributed by atoms with Crippen molar-refractivity contribution in [1.82, 2.24) is 15.0 Å². The van der Waals surface area contributed by atoms with Crippen LogP contribution in [-0.4, -0.2) is 15.0 Å². The Kier molecular flexibility index (Phi) is 2.33. The molecule has 2 aromatic heterocycles. The number of rotatable bonds is 1. The molecule has 0 unspecified atom stereocenters. The van der Waals surface area contributed by atoms with E-state index in [1.54, 1.807) is 0 Å². The van der Waals surface area contributed by atoms with Crippen LogP contribution in [0.2, 0.25) is 0 Å². The molecule has 4 aromatic rings. The van der Waals surface area contributed by atoms with Crippen LogP contribution in [0, 0.1) is 6.92 Å². The fourth-order valence-corrected chi connectivity index (χ4v) is 2.51. The van der Waals surface area contributed by atoms with Gasteiger partial charge in [0, 0.05) is 5.39 Å². The first-order chi connectivity index (χ1) is 9.81. The van der Waals surface area contributed by atoms with Gasteiger partial charge in [-0.1, -0.05) is 30.3 Å². The number of aromatic amines is 1. The van der Waals surface area contributed by atoms with Crippen molar-refractivity contribution in [3.8, 4) is 11.5 Å².